The molecule has 1 amide bonds. The lowest BCUT2D eigenvalue weighted by molar-refractivity contribution is 0.00859. The Bertz CT molecular complexity index is 1510. The normalized spacial score (nSPS) is 13.9. The Morgan fingerprint density at radius 1 is 0.745 bits per heavy atom. The summed E-state index contributed by atoms with van der Waals surface area (Å²) in [7, 11) is 0. The number of amides is 1. The van der Waals surface area contributed by atoms with Gasteiger partial charge < -0.3 is 33.6 Å². The quantitative estimate of drug-likeness (QED) is 0.0666. The van der Waals surface area contributed by atoms with Crippen LogP contribution in [0.4, 0.5) is 11.4 Å². The molecule has 2 aliphatic rings. The Morgan fingerprint density at radius 3 is 1.83 bits per heavy atom. The summed E-state index contributed by atoms with van der Waals surface area (Å²) in [6.07, 6.45) is 0. The van der Waals surface area contributed by atoms with E-state index in [4.69, 9.17) is 24.5 Å². The second kappa shape index (κ2) is 16.0. The number of rotatable bonds is 18. The maximum Gasteiger partial charge on any atom is 0.255 e. The smallest absolute Gasteiger partial charge is 0.255 e. The lowest BCUT2D eigenvalue weighted by atomic mass is 9.74. The molecule has 0 unspecified atom stereocenters. The number of azide groups is 1. The molecule has 0 atom stereocenters. The molecule has 0 aromatic heterocycles. The van der Waals surface area contributed by atoms with E-state index in [2.05, 4.69) is 90.0 Å². The van der Waals surface area contributed by atoms with Gasteiger partial charge in [0.25, 0.3) is 5.91 Å². The first-order chi connectivity index (χ1) is 23.0. The third kappa shape index (κ3) is 6.75. The summed E-state index contributed by atoms with van der Waals surface area (Å²) in [6.45, 7) is 15.1. The Morgan fingerprint density at radius 2 is 1.28 bits per heavy atom. The van der Waals surface area contributed by atoms with Crippen LogP contribution in [-0.2, 0) is 19.7 Å². The largest absolute Gasteiger partial charge is 0.456 e. The van der Waals surface area contributed by atoms with Crippen molar-refractivity contribution in [3.8, 4) is 11.5 Å². The van der Waals surface area contributed by atoms with Crippen LogP contribution >= 0.6 is 0 Å². The number of carbonyl (C=O) groups is 1. The van der Waals surface area contributed by atoms with Crippen molar-refractivity contribution < 1.29 is 23.7 Å². The third-order valence-corrected chi connectivity index (χ3v) is 8.99. The number of anilines is 2. The summed E-state index contributed by atoms with van der Waals surface area (Å²) < 4.78 is 23.8. The maximum atomic E-state index is 14.3. The van der Waals surface area contributed by atoms with E-state index in [1.807, 2.05) is 23.1 Å². The lowest BCUT2D eigenvalue weighted by Crippen LogP contribution is -2.48. The van der Waals surface area contributed by atoms with Crippen LogP contribution in [0.1, 0.15) is 54.7 Å². The molecule has 0 aliphatic carbocycles. The fourth-order valence-electron chi connectivity index (χ4n) is 6.75. The molecule has 2 aliphatic heterocycles. The van der Waals surface area contributed by atoms with Gasteiger partial charge in [0.15, 0.2) is 0 Å². The fraction of sp³-hybridized carbons (Fsp3) is 0.472. The van der Waals surface area contributed by atoms with Crippen molar-refractivity contribution in [1.29, 1.82) is 0 Å². The van der Waals surface area contributed by atoms with Crippen molar-refractivity contribution in [3.63, 3.8) is 0 Å². The van der Waals surface area contributed by atoms with Crippen LogP contribution in [0.15, 0.2) is 65.8 Å². The Hall–Kier alpha value is -4.28. The molecule has 0 radical (unpaired) electrons. The Labute approximate surface area is 277 Å². The number of hydrogen-bond donors (Lipinski definition) is 0. The second-order valence-corrected chi connectivity index (χ2v) is 11.3. The molecule has 47 heavy (non-hydrogen) atoms. The van der Waals surface area contributed by atoms with E-state index in [9.17, 15) is 4.79 Å². The van der Waals surface area contributed by atoms with Gasteiger partial charge in [-0.05, 0) is 57.0 Å². The highest BCUT2D eigenvalue weighted by Gasteiger charge is 2.56. The van der Waals surface area contributed by atoms with Crippen molar-refractivity contribution in [3.05, 3.63) is 93.4 Å². The summed E-state index contributed by atoms with van der Waals surface area (Å²) in [6, 6.07) is 20.7. The second-order valence-electron chi connectivity index (χ2n) is 11.3. The van der Waals surface area contributed by atoms with Crippen LogP contribution in [0, 0.1) is 0 Å². The van der Waals surface area contributed by atoms with E-state index in [-0.39, 0.29) is 5.91 Å². The van der Waals surface area contributed by atoms with E-state index in [0.29, 0.717) is 58.3 Å². The topological polar surface area (TPSA) is 112 Å². The highest BCUT2D eigenvalue weighted by atomic mass is 16.5. The molecular formula is C36H46N6O5. The molecule has 2 heterocycles. The predicted octanol–water partition coefficient (Wildman–Crippen LogP) is 6.59. The first-order valence-electron chi connectivity index (χ1n) is 16.7. The number of hydrogen-bond acceptors (Lipinski definition) is 8. The van der Waals surface area contributed by atoms with Gasteiger partial charge in [0.05, 0.1) is 39.6 Å². The lowest BCUT2D eigenvalue weighted by Gasteiger charge is -2.44. The van der Waals surface area contributed by atoms with Gasteiger partial charge in [-0.25, -0.2) is 0 Å². The minimum atomic E-state index is -0.882. The average Bonchev–Trinajstić information content (AvgIpc) is 3.34. The highest BCUT2D eigenvalue weighted by Crippen LogP contribution is 2.58. The van der Waals surface area contributed by atoms with Gasteiger partial charge in [0.2, 0.25) is 0 Å². The Balaban J connectivity index is 1.45. The van der Waals surface area contributed by atoms with Gasteiger partial charge in [-0.3, -0.25) is 4.79 Å². The maximum absolute atomic E-state index is 14.3. The average molecular weight is 643 g/mol. The molecule has 250 valence electrons. The van der Waals surface area contributed by atoms with Crippen LogP contribution in [0.25, 0.3) is 10.4 Å². The van der Waals surface area contributed by atoms with E-state index >= 15 is 0 Å². The molecule has 0 N–H and O–H groups in total. The van der Waals surface area contributed by atoms with Crippen LogP contribution in [0.3, 0.4) is 0 Å². The van der Waals surface area contributed by atoms with Crippen molar-refractivity contribution >= 4 is 17.3 Å². The van der Waals surface area contributed by atoms with Crippen molar-refractivity contribution in [2.24, 2.45) is 5.11 Å². The number of ether oxygens (including phenoxy) is 4. The molecule has 5 rings (SSSR count). The van der Waals surface area contributed by atoms with E-state index < -0.39 is 5.54 Å². The summed E-state index contributed by atoms with van der Waals surface area (Å²) in [5, 5.41) is 3.44. The van der Waals surface area contributed by atoms with E-state index in [1.165, 1.54) is 0 Å². The molecule has 11 nitrogen and oxygen atoms in total. The van der Waals surface area contributed by atoms with Crippen LogP contribution in [0.2, 0.25) is 0 Å². The summed E-state index contributed by atoms with van der Waals surface area (Å²) in [5.41, 5.74) is 13.1. The molecule has 1 spiro atoms. The SMILES string of the molecule is CCN(CC)c1ccc2c(c1)Oc1cc(N(CC)CC)ccc1C21c2ccccc2C(=O)N1CCOCCOCCOCCN=[N+]=[N-]. The van der Waals surface area contributed by atoms with Crippen molar-refractivity contribution in [1.82, 2.24) is 4.90 Å². The van der Waals surface area contributed by atoms with Gasteiger partial charge in [0.1, 0.15) is 17.0 Å². The molecule has 3 aromatic carbocycles. The van der Waals surface area contributed by atoms with Crippen molar-refractivity contribution in [2.75, 3.05) is 88.7 Å². The monoisotopic (exact) mass is 642 g/mol. The minimum absolute atomic E-state index is 0.0298. The highest BCUT2D eigenvalue weighted by molar-refractivity contribution is 6.02. The zero-order valence-corrected chi connectivity index (χ0v) is 28.0. The fourth-order valence-corrected chi connectivity index (χ4v) is 6.75. The van der Waals surface area contributed by atoms with Gasteiger partial charge in [0, 0.05) is 84.4 Å². The zero-order valence-electron chi connectivity index (χ0n) is 28.0. The zero-order chi connectivity index (χ0) is 33.2. The van der Waals surface area contributed by atoms with Gasteiger partial charge in [-0.2, -0.15) is 0 Å². The minimum Gasteiger partial charge on any atom is -0.456 e. The van der Waals surface area contributed by atoms with Crippen molar-refractivity contribution in [2.45, 2.75) is 33.2 Å². The summed E-state index contributed by atoms with van der Waals surface area (Å²) in [4.78, 5) is 23.6. The summed E-state index contributed by atoms with van der Waals surface area (Å²) >= 11 is 0. The molecule has 3 aromatic rings. The Kier molecular flexibility index (Phi) is 11.6. The molecule has 11 heteroatoms. The molecule has 0 saturated heterocycles. The first kappa shape index (κ1) is 34.1. The predicted molar refractivity (Wildman–Crippen MR) is 184 cm³/mol. The van der Waals surface area contributed by atoms with Crippen LogP contribution in [0.5, 0.6) is 11.5 Å². The van der Waals surface area contributed by atoms with Gasteiger partial charge in [-0.1, -0.05) is 35.4 Å². The standard InChI is InChI=1S/C36H46N6O5/c1-5-40(6-2)27-13-15-31-33(25-27)47-34-26-28(41(7-3)8-4)14-16-32(34)36(31)30-12-10-9-11-29(30)35(43)42(36)18-20-45-22-24-46-23-21-44-19-17-38-39-37/h9-16,25-26H,5-8,17-24H2,1-4H3. The van der Waals surface area contributed by atoms with E-state index in [0.717, 1.165) is 65.7 Å². The molecule has 0 fully saturated rings. The number of nitrogens with zero attached hydrogens (tertiary/aromatic N) is 6. The molecular weight excluding hydrogens is 596 g/mol. The first-order valence-corrected chi connectivity index (χ1v) is 16.7. The van der Waals surface area contributed by atoms with E-state index in [1.54, 1.807) is 0 Å². The van der Waals surface area contributed by atoms with Gasteiger partial charge in [-0.15, -0.1) is 0 Å². The molecule has 0 saturated carbocycles. The molecule has 0 bridgehead atoms. The number of benzene rings is 3. The van der Waals surface area contributed by atoms with Crippen LogP contribution in [-0.4, -0.2) is 89.7 Å². The summed E-state index contributed by atoms with van der Waals surface area (Å²) in [5.74, 6) is 1.48. The number of carbonyl (C=O) groups excluding carboxylic acids is 1. The van der Waals surface area contributed by atoms with Crippen LogP contribution < -0.4 is 14.5 Å². The number of fused-ring (bicyclic) bond motifs is 6. The third-order valence-electron chi connectivity index (χ3n) is 8.99. The van der Waals surface area contributed by atoms with Gasteiger partial charge >= 0.3 is 0 Å².